The average Bonchev–Trinajstić information content (AvgIpc) is 2.77. The van der Waals surface area contributed by atoms with Crippen LogP contribution in [0.5, 0.6) is 0 Å². The molecular formula is C26H30N4. The molecule has 0 aliphatic heterocycles. The van der Waals surface area contributed by atoms with Gasteiger partial charge in [-0.05, 0) is 52.0 Å². The second-order valence-corrected chi connectivity index (χ2v) is 7.24. The molecule has 4 nitrogen and oxygen atoms in total. The van der Waals surface area contributed by atoms with E-state index in [-0.39, 0.29) is 0 Å². The molecule has 0 aromatic heterocycles. The van der Waals surface area contributed by atoms with Gasteiger partial charge in [0, 0.05) is 24.3 Å². The van der Waals surface area contributed by atoms with Crippen LogP contribution in [0.1, 0.15) is 30.5 Å². The van der Waals surface area contributed by atoms with Gasteiger partial charge in [-0.1, -0.05) is 65.7 Å². The lowest BCUT2D eigenvalue weighted by atomic mass is 10.2. The molecule has 0 aliphatic rings. The summed E-state index contributed by atoms with van der Waals surface area (Å²) in [5.41, 5.74) is 5.32. The average molecular weight is 399 g/mol. The van der Waals surface area contributed by atoms with E-state index in [4.69, 9.17) is 9.98 Å². The van der Waals surface area contributed by atoms with Crippen LogP contribution >= 0.6 is 0 Å². The summed E-state index contributed by atoms with van der Waals surface area (Å²) in [6, 6.07) is 26.7. The first-order chi connectivity index (χ1) is 14.6. The van der Waals surface area contributed by atoms with Crippen LogP contribution < -0.4 is 5.32 Å². The van der Waals surface area contributed by atoms with Crippen molar-refractivity contribution in [1.82, 2.24) is 4.90 Å². The first-order valence-electron chi connectivity index (χ1n) is 10.5. The smallest absolute Gasteiger partial charge is 0.229 e. The maximum atomic E-state index is 5.01. The molecule has 30 heavy (non-hydrogen) atoms. The van der Waals surface area contributed by atoms with Crippen LogP contribution in [0.3, 0.4) is 0 Å². The van der Waals surface area contributed by atoms with Gasteiger partial charge in [0.25, 0.3) is 0 Å². The van der Waals surface area contributed by atoms with Crippen molar-refractivity contribution in [2.75, 3.05) is 18.4 Å². The summed E-state index contributed by atoms with van der Waals surface area (Å²) < 4.78 is 0. The molecular weight excluding hydrogens is 368 g/mol. The molecule has 0 radical (unpaired) electrons. The van der Waals surface area contributed by atoms with Crippen molar-refractivity contribution in [2.45, 2.75) is 27.7 Å². The zero-order valence-corrected chi connectivity index (χ0v) is 18.3. The number of amidine groups is 1. The van der Waals surface area contributed by atoms with Crippen molar-refractivity contribution in [3.63, 3.8) is 0 Å². The third kappa shape index (κ3) is 5.80. The van der Waals surface area contributed by atoms with Crippen molar-refractivity contribution in [3.8, 4) is 0 Å². The number of nitrogens with zero attached hydrogens (tertiary/aromatic N) is 3. The number of hydrogen-bond donors (Lipinski definition) is 1. The third-order valence-corrected chi connectivity index (χ3v) is 4.88. The first-order valence-corrected chi connectivity index (χ1v) is 10.5. The van der Waals surface area contributed by atoms with Crippen molar-refractivity contribution in [3.05, 3.63) is 95.6 Å². The Labute approximate surface area is 180 Å². The highest BCUT2D eigenvalue weighted by Crippen LogP contribution is 2.16. The van der Waals surface area contributed by atoms with E-state index in [0.29, 0.717) is 5.96 Å². The molecule has 3 rings (SSSR count). The summed E-state index contributed by atoms with van der Waals surface area (Å²) in [7, 11) is 0. The van der Waals surface area contributed by atoms with Gasteiger partial charge in [0.15, 0.2) is 0 Å². The Hall–Kier alpha value is -3.40. The molecule has 0 unspecified atom stereocenters. The highest BCUT2D eigenvalue weighted by Gasteiger charge is 2.12. The Morgan fingerprint density at radius 1 is 0.767 bits per heavy atom. The van der Waals surface area contributed by atoms with Crippen molar-refractivity contribution < 1.29 is 0 Å². The number of guanidine groups is 1. The Morgan fingerprint density at radius 2 is 1.33 bits per heavy atom. The largest absolute Gasteiger partial charge is 0.357 e. The monoisotopic (exact) mass is 398 g/mol. The molecule has 3 aromatic carbocycles. The minimum atomic E-state index is 0.563. The molecule has 4 heteroatoms. The number of aryl methyl sites for hydroxylation is 2. The normalized spacial score (nSPS) is 12.0. The van der Waals surface area contributed by atoms with Crippen LogP contribution in [0.15, 0.2) is 88.8 Å². The summed E-state index contributed by atoms with van der Waals surface area (Å²) in [5, 5.41) is 3.41. The van der Waals surface area contributed by atoms with Crippen molar-refractivity contribution >= 4 is 23.2 Å². The second kappa shape index (κ2) is 10.4. The van der Waals surface area contributed by atoms with Gasteiger partial charge in [0.1, 0.15) is 5.84 Å². The molecule has 154 valence electrons. The van der Waals surface area contributed by atoms with Crippen molar-refractivity contribution in [1.29, 1.82) is 0 Å². The maximum Gasteiger partial charge on any atom is 0.229 e. The molecule has 0 aliphatic carbocycles. The fraction of sp³-hybridized carbons (Fsp3) is 0.231. The standard InChI is InChI=1S/C26H30N4/c1-5-30(6-2)25(22-10-8-7-9-11-22)29-26(27-23-16-12-20(3)13-17-23)28-24-18-14-21(4)15-19-24/h7-19H,5-6H2,1-4H3,(H,27,28)/b29-25+. The summed E-state index contributed by atoms with van der Waals surface area (Å²) in [5.74, 6) is 1.47. The van der Waals surface area contributed by atoms with Crippen LogP contribution in [-0.4, -0.2) is 29.8 Å². The number of aliphatic imine (C=N–C) groups is 2. The SMILES string of the molecule is CCN(CC)/C(=N/C(=Nc1ccc(C)cc1)Nc1ccc(C)cc1)c1ccccc1. The molecule has 0 heterocycles. The van der Waals surface area contributed by atoms with E-state index >= 15 is 0 Å². The molecule has 0 fully saturated rings. The summed E-state index contributed by atoms with van der Waals surface area (Å²) in [4.78, 5) is 12.1. The molecule has 3 aromatic rings. The molecule has 0 spiro atoms. The lowest BCUT2D eigenvalue weighted by molar-refractivity contribution is 0.467. The van der Waals surface area contributed by atoms with E-state index in [1.54, 1.807) is 0 Å². The fourth-order valence-electron chi connectivity index (χ4n) is 3.12. The number of benzene rings is 3. The first kappa shape index (κ1) is 21.3. The number of rotatable bonds is 5. The zero-order chi connectivity index (χ0) is 21.3. The summed E-state index contributed by atoms with van der Waals surface area (Å²) in [6.07, 6.45) is 0. The number of nitrogens with one attached hydrogen (secondary N) is 1. The van der Waals surface area contributed by atoms with Gasteiger partial charge >= 0.3 is 0 Å². The molecule has 1 N–H and O–H groups in total. The van der Waals surface area contributed by atoms with Gasteiger partial charge in [0.2, 0.25) is 5.96 Å². The van der Waals surface area contributed by atoms with E-state index in [1.807, 2.05) is 30.3 Å². The van der Waals surface area contributed by atoms with Gasteiger partial charge in [-0.25, -0.2) is 4.99 Å². The van der Waals surface area contributed by atoms with Gasteiger partial charge in [-0.2, -0.15) is 4.99 Å². The lowest BCUT2D eigenvalue weighted by Gasteiger charge is -2.23. The quantitative estimate of drug-likeness (QED) is 0.411. The second-order valence-electron chi connectivity index (χ2n) is 7.24. The fourth-order valence-corrected chi connectivity index (χ4v) is 3.12. The predicted molar refractivity (Wildman–Crippen MR) is 129 cm³/mol. The van der Waals surface area contributed by atoms with Crippen molar-refractivity contribution in [2.24, 2.45) is 9.98 Å². The van der Waals surface area contributed by atoms with E-state index in [1.165, 1.54) is 11.1 Å². The Balaban J connectivity index is 2.07. The minimum Gasteiger partial charge on any atom is -0.357 e. The highest BCUT2D eigenvalue weighted by atomic mass is 15.2. The van der Waals surface area contributed by atoms with E-state index < -0.39 is 0 Å². The molecule has 0 amide bonds. The minimum absolute atomic E-state index is 0.563. The molecule has 0 bridgehead atoms. The number of hydrogen-bond acceptors (Lipinski definition) is 1. The Kier molecular flexibility index (Phi) is 7.39. The van der Waals surface area contributed by atoms with Gasteiger partial charge in [-0.15, -0.1) is 0 Å². The Bertz CT molecular complexity index is 983. The molecule has 0 saturated heterocycles. The molecule has 0 saturated carbocycles. The van der Waals surface area contributed by atoms with E-state index in [9.17, 15) is 0 Å². The van der Waals surface area contributed by atoms with Crippen LogP contribution in [0, 0.1) is 13.8 Å². The number of anilines is 1. The van der Waals surface area contributed by atoms with Crippen LogP contribution in [0.25, 0.3) is 0 Å². The van der Waals surface area contributed by atoms with Crippen LogP contribution in [0.4, 0.5) is 11.4 Å². The Morgan fingerprint density at radius 3 is 1.90 bits per heavy atom. The van der Waals surface area contributed by atoms with Gasteiger partial charge in [0.05, 0.1) is 5.69 Å². The maximum absolute atomic E-state index is 5.01. The summed E-state index contributed by atoms with van der Waals surface area (Å²) in [6.45, 7) is 10.2. The van der Waals surface area contributed by atoms with Crippen LogP contribution in [0.2, 0.25) is 0 Å². The summed E-state index contributed by atoms with van der Waals surface area (Å²) >= 11 is 0. The zero-order valence-electron chi connectivity index (χ0n) is 18.3. The van der Waals surface area contributed by atoms with E-state index in [2.05, 4.69) is 86.4 Å². The topological polar surface area (TPSA) is 40.0 Å². The third-order valence-electron chi connectivity index (χ3n) is 4.88. The van der Waals surface area contributed by atoms with Gasteiger partial charge in [-0.3, -0.25) is 0 Å². The van der Waals surface area contributed by atoms with Crippen LogP contribution in [-0.2, 0) is 0 Å². The predicted octanol–water partition coefficient (Wildman–Crippen LogP) is 6.19. The molecule has 0 atom stereocenters. The lowest BCUT2D eigenvalue weighted by Crippen LogP contribution is -2.33. The van der Waals surface area contributed by atoms with E-state index in [0.717, 1.165) is 35.9 Å². The highest BCUT2D eigenvalue weighted by molar-refractivity contribution is 6.09. The van der Waals surface area contributed by atoms with Gasteiger partial charge < -0.3 is 10.2 Å².